The fourth-order valence-corrected chi connectivity index (χ4v) is 3.25. The Morgan fingerprint density at radius 1 is 1.25 bits per heavy atom. The molecule has 0 unspecified atom stereocenters. The van der Waals surface area contributed by atoms with Gasteiger partial charge in [0.1, 0.15) is 0 Å². The monoisotopic (exact) mass is 344 g/mol. The van der Waals surface area contributed by atoms with Crippen molar-refractivity contribution in [2.75, 3.05) is 6.61 Å². The summed E-state index contributed by atoms with van der Waals surface area (Å²) in [4.78, 5) is 12.0. The van der Waals surface area contributed by atoms with Crippen molar-refractivity contribution < 1.29 is 14.3 Å². The van der Waals surface area contributed by atoms with Gasteiger partial charge in [-0.15, -0.1) is 0 Å². The van der Waals surface area contributed by atoms with E-state index in [4.69, 9.17) is 21.1 Å². The van der Waals surface area contributed by atoms with Crippen molar-refractivity contribution >= 4 is 17.6 Å². The number of hydrogen-bond acceptors (Lipinski definition) is 3. The summed E-state index contributed by atoms with van der Waals surface area (Å²) in [6.45, 7) is 4.24. The summed E-state index contributed by atoms with van der Waals surface area (Å²) in [7, 11) is 0. The molecule has 0 aromatic heterocycles. The quantitative estimate of drug-likeness (QED) is 0.735. The molecule has 0 radical (unpaired) electrons. The highest BCUT2D eigenvalue weighted by Crippen LogP contribution is 2.39. The van der Waals surface area contributed by atoms with Gasteiger partial charge in [0.05, 0.1) is 25.2 Å². The Bertz CT molecular complexity index is 724. The molecule has 1 aliphatic heterocycles. The summed E-state index contributed by atoms with van der Waals surface area (Å²) in [5.74, 6) is -0.230. The van der Waals surface area contributed by atoms with E-state index in [-0.39, 0.29) is 24.6 Å². The van der Waals surface area contributed by atoms with Crippen LogP contribution in [0.2, 0.25) is 5.02 Å². The Morgan fingerprint density at radius 2 is 2.00 bits per heavy atom. The third-order valence-corrected chi connectivity index (χ3v) is 4.53. The van der Waals surface area contributed by atoms with Crippen LogP contribution in [-0.2, 0) is 20.7 Å². The van der Waals surface area contributed by atoms with Crippen LogP contribution in [0.1, 0.15) is 47.8 Å². The van der Waals surface area contributed by atoms with Crippen LogP contribution < -0.4 is 0 Å². The van der Waals surface area contributed by atoms with Crippen molar-refractivity contribution in [1.82, 2.24) is 0 Å². The number of rotatable bonds is 4. The Labute approximate surface area is 147 Å². The molecule has 0 bridgehead atoms. The van der Waals surface area contributed by atoms with Crippen LogP contribution in [-0.4, -0.2) is 12.6 Å². The van der Waals surface area contributed by atoms with Gasteiger partial charge < -0.3 is 9.47 Å². The molecule has 2 atom stereocenters. The first-order valence-electron chi connectivity index (χ1n) is 8.22. The van der Waals surface area contributed by atoms with Gasteiger partial charge >= 0.3 is 5.97 Å². The van der Waals surface area contributed by atoms with E-state index in [0.29, 0.717) is 11.6 Å². The summed E-state index contributed by atoms with van der Waals surface area (Å²) in [6.07, 6.45) is 0.649. The molecule has 0 saturated heterocycles. The molecule has 1 aliphatic rings. The maximum absolute atomic E-state index is 12.0. The molecule has 0 spiro atoms. The molecule has 24 heavy (non-hydrogen) atoms. The third kappa shape index (κ3) is 3.80. The number of halogens is 1. The summed E-state index contributed by atoms with van der Waals surface area (Å²) in [5, 5.41) is 0.702. The lowest BCUT2D eigenvalue weighted by atomic mass is 9.89. The lowest BCUT2D eigenvalue weighted by Gasteiger charge is -2.32. The first-order chi connectivity index (χ1) is 11.6. The molecule has 4 heteroatoms. The highest BCUT2D eigenvalue weighted by Gasteiger charge is 2.30. The number of aryl methyl sites for hydroxylation is 1. The van der Waals surface area contributed by atoms with Crippen LogP contribution in [0.15, 0.2) is 42.5 Å². The van der Waals surface area contributed by atoms with Crippen LogP contribution in [0, 0.1) is 6.92 Å². The van der Waals surface area contributed by atoms with Crippen LogP contribution >= 0.6 is 11.6 Å². The molecule has 0 saturated carbocycles. The second-order valence-electron chi connectivity index (χ2n) is 6.08. The van der Waals surface area contributed by atoms with E-state index in [1.165, 1.54) is 5.56 Å². The predicted molar refractivity (Wildman–Crippen MR) is 94.2 cm³/mol. The van der Waals surface area contributed by atoms with Gasteiger partial charge in [-0.25, -0.2) is 0 Å². The number of fused-ring (bicyclic) bond motifs is 1. The SMILES string of the molecule is CCOC(=O)C[C@H]1O[C@@H](c2ccc(Cl)cc2)Cc2ccc(C)cc21. The number of carbonyl (C=O) groups is 1. The van der Waals surface area contributed by atoms with E-state index in [0.717, 1.165) is 23.1 Å². The highest BCUT2D eigenvalue weighted by molar-refractivity contribution is 6.30. The van der Waals surface area contributed by atoms with Crippen molar-refractivity contribution in [2.45, 2.75) is 38.9 Å². The number of benzene rings is 2. The predicted octanol–water partition coefficient (Wildman–Crippen LogP) is 4.96. The van der Waals surface area contributed by atoms with E-state index in [1.54, 1.807) is 0 Å². The zero-order chi connectivity index (χ0) is 17.1. The Hall–Kier alpha value is -1.84. The molecule has 126 valence electrons. The van der Waals surface area contributed by atoms with E-state index < -0.39 is 0 Å². The third-order valence-electron chi connectivity index (χ3n) is 4.28. The van der Waals surface area contributed by atoms with Crippen LogP contribution in [0.5, 0.6) is 0 Å². The maximum atomic E-state index is 12.0. The van der Waals surface area contributed by atoms with Crippen molar-refractivity contribution in [1.29, 1.82) is 0 Å². The zero-order valence-corrected chi connectivity index (χ0v) is 14.7. The summed E-state index contributed by atoms with van der Waals surface area (Å²) >= 11 is 5.98. The zero-order valence-electron chi connectivity index (χ0n) is 13.9. The number of esters is 1. The number of carbonyl (C=O) groups excluding carboxylic acids is 1. The summed E-state index contributed by atoms with van der Waals surface area (Å²) in [5.41, 5.74) is 4.55. The van der Waals surface area contributed by atoms with Crippen LogP contribution in [0.3, 0.4) is 0 Å². The molecular weight excluding hydrogens is 324 g/mol. The average molecular weight is 345 g/mol. The summed E-state index contributed by atoms with van der Waals surface area (Å²) < 4.78 is 11.4. The molecule has 0 N–H and O–H groups in total. The Kier molecular flexibility index (Phi) is 5.22. The molecule has 3 nitrogen and oxygen atoms in total. The number of hydrogen-bond donors (Lipinski definition) is 0. The topological polar surface area (TPSA) is 35.5 Å². The van der Waals surface area contributed by atoms with Gasteiger partial charge in [0, 0.05) is 11.4 Å². The van der Waals surface area contributed by atoms with E-state index >= 15 is 0 Å². The molecule has 2 aromatic carbocycles. The second-order valence-corrected chi connectivity index (χ2v) is 6.52. The molecule has 0 amide bonds. The minimum absolute atomic E-state index is 0.0862. The Balaban J connectivity index is 1.90. The number of ether oxygens (including phenoxy) is 2. The van der Waals surface area contributed by atoms with Crippen LogP contribution in [0.25, 0.3) is 0 Å². The lowest BCUT2D eigenvalue weighted by Crippen LogP contribution is -2.23. The van der Waals surface area contributed by atoms with Gasteiger partial charge in [-0.3, -0.25) is 4.79 Å². The normalized spacial score (nSPS) is 19.6. The van der Waals surface area contributed by atoms with E-state index in [1.807, 2.05) is 38.1 Å². The molecule has 3 rings (SSSR count). The van der Waals surface area contributed by atoms with E-state index in [2.05, 4.69) is 18.2 Å². The molecule has 0 fully saturated rings. The van der Waals surface area contributed by atoms with Crippen molar-refractivity contribution in [2.24, 2.45) is 0 Å². The molecule has 2 aromatic rings. The van der Waals surface area contributed by atoms with Gasteiger partial charge in [-0.05, 0) is 42.7 Å². The first-order valence-corrected chi connectivity index (χ1v) is 8.60. The van der Waals surface area contributed by atoms with Gasteiger partial charge in [0.2, 0.25) is 0 Å². The van der Waals surface area contributed by atoms with E-state index in [9.17, 15) is 4.79 Å². The maximum Gasteiger partial charge on any atom is 0.308 e. The van der Waals surface area contributed by atoms with Gasteiger partial charge in [-0.2, -0.15) is 0 Å². The van der Waals surface area contributed by atoms with Crippen molar-refractivity contribution in [3.63, 3.8) is 0 Å². The van der Waals surface area contributed by atoms with Crippen molar-refractivity contribution in [3.8, 4) is 0 Å². The summed E-state index contributed by atoms with van der Waals surface area (Å²) in [6, 6.07) is 14.0. The average Bonchev–Trinajstić information content (AvgIpc) is 2.56. The van der Waals surface area contributed by atoms with Gasteiger partial charge in [-0.1, -0.05) is 47.5 Å². The minimum Gasteiger partial charge on any atom is -0.466 e. The first kappa shape index (κ1) is 17.0. The molecule has 1 heterocycles. The fraction of sp³-hybridized carbons (Fsp3) is 0.350. The second kappa shape index (κ2) is 7.37. The fourth-order valence-electron chi connectivity index (χ4n) is 3.12. The molecule has 0 aliphatic carbocycles. The van der Waals surface area contributed by atoms with Gasteiger partial charge in [0.25, 0.3) is 0 Å². The smallest absolute Gasteiger partial charge is 0.308 e. The van der Waals surface area contributed by atoms with Crippen molar-refractivity contribution in [3.05, 3.63) is 69.7 Å². The highest BCUT2D eigenvalue weighted by atomic mass is 35.5. The Morgan fingerprint density at radius 3 is 2.71 bits per heavy atom. The van der Waals surface area contributed by atoms with Crippen LogP contribution in [0.4, 0.5) is 0 Å². The standard InChI is InChI=1S/C20H21ClO3/c1-3-23-20(22)12-19-17-10-13(2)4-5-15(17)11-18(24-19)14-6-8-16(21)9-7-14/h4-10,18-19H,3,11-12H2,1-2H3/t18-,19-/m1/s1. The van der Waals surface area contributed by atoms with Gasteiger partial charge in [0.15, 0.2) is 0 Å². The largest absolute Gasteiger partial charge is 0.466 e. The lowest BCUT2D eigenvalue weighted by molar-refractivity contribution is -0.148. The minimum atomic E-state index is -0.284. The molecular formula is C20H21ClO3.